The van der Waals surface area contributed by atoms with Crippen molar-refractivity contribution in [3.05, 3.63) is 77.6 Å². The number of aromatic nitrogens is 1. The molecule has 0 atom stereocenters. The van der Waals surface area contributed by atoms with E-state index in [4.69, 9.17) is 15.2 Å². The van der Waals surface area contributed by atoms with Crippen LogP contribution in [0, 0.1) is 0 Å². The summed E-state index contributed by atoms with van der Waals surface area (Å²) in [7, 11) is 0. The minimum absolute atomic E-state index is 0.0741. The van der Waals surface area contributed by atoms with Crippen molar-refractivity contribution >= 4 is 17.5 Å². The Hall–Kier alpha value is -4.12. The first-order chi connectivity index (χ1) is 17.2. The lowest BCUT2D eigenvalue weighted by atomic mass is 10.1. The van der Waals surface area contributed by atoms with Gasteiger partial charge in [0.2, 0.25) is 0 Å². The Bertz CT molecular complexity index is 1200. The number of pyridine rings is 1. The third-order valence-electron chi connectivity index (χ3n) is 4.88. The number of amides is 2. The molecule has 1 aromatic heterocycles. The second kappa shape index (κ2) is 12.0. The van der Waals surface area contributed by atoms with E-state index in [0.717, 1.165) is 23.8 Å². The minimum Gasteiger partial charge on any atom is -0.490 e. The zero-order chi connectivity index (χ0) is 26.1. The molecule has 190 valence electrons. The molecule has 11 heteroatoms. The van der Waals surface area contributed by atoms with Crippen LogP contribution in [0.1, 0.15) is 35.0 Å². The SMILES string of the molecule is CCC(=O)c1cc(Oc2ccc(CNC(=O)Nc3cc(C(F)(F)F)ccc3OCCN)cc2)ccn1. The molecule has 4 N–H and O–H groups in total. The van der Waals surface area contributed by atoms with Crippen LogP contribution in [0.2, 0.25) is 0 Å². The average molecular weight is 502 g/mol. The summed E-state index contributed by atoms with van der Waals surface area (Å²) in [6.45, 7) is 2.09. The molecule has 0 aliphatic carbocycles. The number of alkyl halides is 3. The number of halogens is 3. The van der Waals surface area contributed by atoms with Crippen LogP contribution in [-0.2, 0) is 12.7 Å². The molecule has 0 aliphatic rings. The van der Waals surface area contributed by atoms with Gasteiger partial charge in [-0.15, -0.1) is 0 Å². The summed E-state index contributed by atoms with van der Waals surface area (Å²) in [5.41, 5.74) is 5.38. The molecule has 0 fully saturated rings. The van der Waals surface area contributed by atoms with E-state index in [1.807, 2.05) is 0 Å². The van der Waals surface area contributed by atoms with E-state index in [1.54, 1.807) is 43.3 Å². The van der Waals surface area contributed by atoms with Crippen molar-refractivity contribution in [3.63, 3.8) is 0 Å². The van der Waals surface area contributed by atoms with E-state index < -0.39 is 17.8 Å². The van der Waals surface area contributed by atoms with Crippen molar-refractivity contribution in [2.45, 2.75) is 26.1 Å². The molecule has 0 saturated carbocycles. The fraction of sp³-hybridized carbons (Fsp3) is 0.240. The summed E-state index contributed by atoms with van der Waals surface area (Å²) < 4.78 is 50.3. The summed E-state index contributed by atoms with van der Waals surface area (Å²) in [5.74, 6) is 0.948. The minimum atomic E-state index is -4.58. The summed E-state index contributed by atoms with van der Waals surface area (Å²) in [4.78, 5) is 28.2. The lowest BCUT2D eigenvalue weighted by Crippen LogP contribution is -2.28. The van der Waals surface area contributed by atoms with E-state index in [0.29, 0.717) is 23.6 Å². The van der Waals surface area contributed by atoms with Crippen molar-refractivity contribution in [1.82, 2.24) is 10.3 Å². The summed E-state index contributed by atoms with van der Waals surface area (Å²) in [6.07, 6.45) is -2.75. The average Bonchev–Trinajstić information content (AvgIpc) is 2.86. The van der Waals surface area contributed by atoms with Gasteiger partial charge in [0.25, 0.3) is 0 Å². The van der Waals surface area contributed by atoms with Crippen molar-refractivity contribution in [2.24, 2.45) is 5.73 Å². The van der Waals surface area contributed by atoms with Crippen molar-refractivity contribution in [3.8, 4) is 17.2 Å². The first-order valence-corrected chi connectivity index (χ1v) is 11.0. The highest BCUT2D eigenvalue weighted by molar-refractivity contribution is 5.94. The number of anilines is 1. The smallest absolute Gasteiger partial charge is 0.416 e. The molecule has 8 nitrogen and oxygen atoms in total. The molecule has 2 amide bonds. The van der Waals surface area contributed by atoms with Crippen LogP contribution >= 0.6 is 0 Å². The number of nitrogens with zero attached hydrogens (tertiary/aromatic N) is 1. The van der Waals surface area contributed by atoms with Gasteiger partial charge in [0, 0.05) is 31.8 Å². The van der Waals surface area contributed by atoms with Crippen LogP contribution < -0.4 is 25.8 Å². The Morgan fingerprint density at radius 3 is 2.44 bits per heavy atom. The summed E-state index contributed by atoms with van der Waals surface area (Å²) in [5, 5.41) is 4.98. The molecule has 0 spiro atoms. The number of urea groups is 1. The van der Waals surface area contributed by atoms with E-state index >= 15 is 0 Å². The second-order valence-corrected chi connectivity index (χ2v) is 7.55. The third kappa shape index (κ3) is 7.44. The lowest BCUT2D eigenvalue weighted by molar-refractivity contribution is -0.137. The van der Waals surface area contributed by atoms with E-state index in [-0.39, 0.29) is 36.9 Å². The van der Waals surface area contributed by atoms with Crippen molar-refractivity contribution in [2.75, 3.05) is 18.5 Å². The highest BCUT2D eigenvalue weighted by atomic mass is 19.4. The van der Waals surface area contributed by atoms with E-state index in [2.05, 4.69) is 15.6 Å². The summed E-state index contributed by atoms with van der Waals surface area (Å²) in [6, 6.07) is 12.1. The molecule has 0 unspecified atom stereocenters. The highest BCUT2D eigenvalue weighted by Gasteiger charge is 2.31. The first kappa shape index (κ1) is 26.5. The maximum atomic E-state index is 13.1. The monoisotopic (exact) mass is 502 g/mol. The molecule has 0 bridgehead atoms. The molecule has 3 aromatic rings. The number of ether oxygens (including phenoxy) is 2. The predicted molar refractivity (Wildman–Crippen MR) is 127 cm³/mol. The Morgan fingerprint density at radius 2 is 1.78 bits per heavy atom. The largest absolute Gasteiger partial charge is 0.490 e. The predicted octanol–water partition coefficient (Wildman–Crippen LogP) is 5.14. The van der Waals surface area contributed by atoms with Crippen LogP contribution in [0.15, 0.2) is 60.8 Å². The van der Waals surface area contributed by atoms with Crippen LogP contribution in [0.25, 0.3) is 0 Å². The van der Waals surface area contributed by atoms with Crippen molar-refractivity contribution < 1.29 is 32.2 Å². The lowest BCUT2D eigenvalue weighted by Gasteiger charge is -2.15. The molecule has 3 rings (SSSR count). The molecule has 0 aliphatic heterocycles. The molecular weight excluding hydrogens is 477 g/mol. The van der Waals surface area contributed by atoms with Gasteiger partial charge in [-0.25, -0.2) is 4.79 Å². The number of nitrogens with two attached hydrogens (primary N) is 1. The molecule has 36 heavy (non-hydrogen) atoms. The Kier molecular flexibility index (Phi) is 8.85. The van der Waals surface area contributed by atoms with Gasteiger partial charge in [0.05, 0.1) is 11.3 Å². The number of Topliss-reactive ketones (excluding diaryl/α,β-unsaturated/α-hetero) is 1. The fourth-order valence-corrected chi connectivity index (χ4v) is 3.07. The number of hydrogen-bond donors (Lipinski definition) is 3. The normalized spacial score (nSPS) is 11.0. The zero-order valence-corrected chi connectivity index (χ0v) is 19.4. The quantitative estimate of drug-likeness (QED) is 0.331. The molecule has 0 radical (unpaired) electrons. The third-order valence-corrected chi connectivity index (χ3v) is 4.88. The maximum absolute atomic E-state index is 13.1. The summed E-state index contributed by atoms with van der Waals surface area (Å²) >= 11 is 0. The van der Waals surface area contributed by atoms with Gasteiger partial charge in [-0.05, 0) is 42.0 Å². The number of hydrogen-bond acceptors (Lipinski definition) is 6. The van der Waals surface area contributed by atoms with Crippen LogP contribution in [0.4, 0.5) is 23.7 Å². The second-order valence-electron chi connectivity index (χ2n) is 7.55. The molecule has 1 heterocycles. The van der Waals surface area contributed by atoms with Gasteiger partial charge >= 0.3 is 12.2 Å². The number of carbonyl (C=O) groups is 2. The Labute approximate surface area is 205 Å². The van der Waals surface area contributed by atoms with Gasteiger partial charge in [-0.1, -0.05) is 19.1 Å². The van der Waals surface area contributed by atoms with Crippen LogP contribution in [-0.4, -0.2) is 29.9 Å². The fourth-order valence-electron chi connectivity index (χ4n) is 3.07. The number of nitrogens with one attached hydrogen (secondary N) is 2. The van der Waals surface area contributed by atoms with Crippen molar-refractivity contribution in [1.29, 1.82) is 0 Å². The molecule has 2 aromatic carbocycles. The Morgan fingerprint density at radius 1 is 1.03 bits per heavy atom. The topological polar surface area (TPSA) is 116 Å². The van der Waals surface area contributed by atoms with Gasteiger partial charge in [0.15, 0.2) is 5.78 Å². The van der Waals surface area contributed by atoms with E-state index in [1.165, 1.54) is 6.20 Å². The molecule has 0 saturated heterocycles. The zero-order valence-electron chi connectivity index (χ0n) is 19.4. The Balaban J connectivity index is 1.60. The van der Waals surface area contributed by atoms with Gasteiger partial charge in [0.1, 0.15) is 29.5 Å². The number of benzene rings is 2. The number of rotatable bonds is 10. The van der Waals surface area contributed by atoms with E-state index in [9.17, 15) is 22.8 Å². The van der Waals surface area contributed by atoms with Crippen LogP contribution in [0.3, 0.4) is 0 Å². The highest BCUT2D eigenvalue weighted by Crippen LogP contribution is 2.35. The maximum Gasteiger partial charge on any atom is 0.416 e. The first-order valence-electron chi connectivity index (χ1n) is 11.0. The number of carbonyl (C=O) groups excluding carboxylic acids is 2. The molecular formula is C25H25F3N4O4. The number of ketones is 1. The van der Waals surface area contributed by atoms with Crippen LogP contribution in [0.5, 0.6) is 17.2 Å². The van der Waals surface area contributed by atoms with Gasteiger partial charge < -0.3 is 25.8 Å². The standard InChI is InChI=1S/C25H25F3N4O4/c1-2-22(33)20-14-19(9-11-30-20)36-18-6-3-16(4-7-18)15-31-24(34)32-21-13-17(25(26,27)28)5-8-23(21)35-12-10-29/h3-9,11,13-14H,2,10,12,15,29H2,1H3,(H2,31,32,34). The van der Waals surface area contributed by atoms with Gasteiger partial charge in [-0.3, -0.25) is 9.78 Å². The van der Waals surface area contributed by atoms with Gasteiger partial charge in [-0.2, -0.15) is 13.2 Å².